The number of anilines is 1. The summed E-state index contributed by atoms with van der Waals surface area (Å²) in [6.07, 6.45) is 6.67. The minimum absolute atomic E-state index is 0.140. The zero-order valence-corrected chi connectivity index (χ0v) is 16.3. The van der Waals surface area contributed by atoms with Crippen LogP contribution >= 0.6 is 0 Å². The molecule has 1 fully saturated rings. The van der Waals surface area contributed by atoms with E-state index in [-0.39, 0.29) is 11.6 Å². The maximum absolute atomic E-state index is 12.7. The first-order chi connectivity index (χ1) is 13.1. The predicted molar refractivity (Wildman–Crippen MR) is 105 cm³/mol. The first kappa shape index (κ1) is 18.0. The molecule has 0 aromatic carbocycles. The number of piperidine rings is 1. The zero-order valence-electron chi connectivity index (χ0n) is 16.3. The van der Waals surface area contributed by atoms with Crippen LogP contribution in [0.25, 0.3) is 0 Å². The van der Waals surface area contributed by atoms with Crippen molar-refractivity contribution < 1.29 is 4.74 Å². The van der Waals surface area contributed by atoms with Crippen molar-refractivity contribution in [3.8, 4) is 5.88 Å². The van der Waals surface area contributed by atoms with Crippen LogP contribution in [0.4, 0.5) is 5.82 Å². The van der Waals surface area contributed by atoms with Gasteiger partial charge in [0, 0.05) is 49.2 Å². The lowest BCUT2D eigenvalue weighted by molar-refractivity contribution is 0.194. The molecule has 0 radical (unpaired) electrons. The lowest BCUT2D eigenvalue weighted by Gasteiger charge is -2.47. The van der Waals surface area contributed by atoms with Crippen LogP contribution in [0.5, 0.6) is 5.88 Å². The average Bonchev–Trinajstić information content (AvgIpc) is 2.68. The fourth-order valence-electron chi connectivity index (χ4n) is 4.77. The predicted octanol–water partition coefficient (Wildman–Crippen LogP) is 3.25. The highest BCUT2D eigenvalue weighted by atomic mass is 16.5. The van der Waals surface area contributed by atoms with Crippen molar-refractivity contribution in [1.29, 1.82) is 0 Å². The van der Waals surface area contributed by atoms with Gasteiger partial charge in [-0.05, 0) is 37.2 Å². The molecule has 6 nitrogen and oxygen atoms in total. The Morgan fingerprint density at radius 2 is 2.04 bits per heavy atom. The molecular formula is C21H28N4O2. The van der Waals surface area contributed by atoms with Gasteiger partial charge in [0.1, 0.15) is 0 Å². The molecule has 2 aromatic heterocycles. The minimum Gasteiger partial charge on any atom is -0.478 e. The van der Waals surface area contributed by atoms with Crippen LogP contribution in [-0.4, -0.2) is 34.7 Å². The van der Waals surface area contributed by atoms with E-state index in [2.05, 4.69) is 39.3 Å². The number of ether oxygens (including phenoxy) is 1. The fourth-order valence-corrected chi connectivity index (χ4v) is 4.77. The highest BCUT2D eigenvalue weighted by Gasteiger charge is 2.41. The number of hydrogen-bond acceptors (Lipinski definition) is 5. The van der Waals surface area contributed by atoms with Gasteiger partial charge in [0.05, 0.1) is 7.11 Å². The van der Waals surface area contributed by atoms with Gasteiger partial charge in [-0.15, -0.1) is 0 Å². The van der Waals surface area contributed by atoms with Crippen LogP contribution < -0.4 is 15.2 Å². The van der Waals surface area contributed by atoms with E-state index in [9.17, 15) is 4.79 Å². The van der Waals surface area contributed by atoms with E-state index in [1.54, 1.807) is 25.6 Å². The van der Waals surface area contributed by atoms with E-state index >= 15 is 0 Å². The highest BCUT2D eigenvalue weighted by molar-refractivity contribution is 5.49. The lowest BCUT2D eigenvalue weighted by Crippen LogP contribution is -2.49. The summed E-state index contributed by atoms with van der Waals surface area (Å²) in [5.74, 6) is 2.78. The van der Waals surface area contributed by atoms with Gasteiger partial charge in [0.15, 0.2) is 5.82 Å². The Hall–Kier alpha value is -2.37. The third-order valence-electron chi connectivity index (χ3n) is 5.98. The standard InChI is InChI=1S/C21H28N4O2/c1-14(2)7-8-18-16-11-15(17-5-4-6-19(26)25(17)18)12-24(13-16)20-21(27-3)23-10-9-22-20/h4-6,9-10,14-16,18H,7-8,11-13H2,1-3H3/t15-,16+,18+/m1/s1. The molecule has 2 aromatic rings. The molecule has 2 aliphatic heterocycles. The molecule has 0 amide bonds. The quantitative estimate of drug-likeness (QED) is 0.811. The van der Waals surface area contributed by atoms with Crippen LogP contribution in [0.3, 0.4) is 0 Å². The summed E-state index contributed by atoms with van der Waals surface area (Å²) in [4.78, 5) is 23.9. The maximum Gasteiger partial charge on any atom is 0.257 e. The van der Waals surface area contributed by atoms with Gasteiger partial charge in [-0.3, -0.25) is 4.79 Å². The van der Waals surface area contributed by atoms with Gasteiger partial charge in [0.2, 0.25) is 0 Å². The van der Waals surface area contributed by atoms with Crippen LogP contribution in [0.15, 0.2) is 35.4 Å². The molecule has 1 saturated heterocycles. The van der Waals surface area contributed by atoms with Gasteiger partial charge in [-0.2, -0.15) is 0 Å². The molecule has 144 valence electrons. The van der Waals surface area contributed by atoms with Crippen LogP contribution in [-0.2, 0) is 0 Å². The molecule has 4 rings (SSSR count). The van der Waals surface area contributed by atoms with E-state index in [0.717, 1.165) is 38.2 Å². The Morgan fingerprint density at radius 1 is 1.22 bits per heavy atom. The first-order valence-electron chi connectivity index (χ1n) is 9.90. The van der Waals surface area contributed by atoms with Crippen molar-refractivity contribution >= 4 is 5.82 Å². The average molecular weight is 368 g/mol. The van der Waals surface area contributed by atoms with Gasteiger partial charge < -0.3 is 14.2 Å². The third-order valence-corrected chi connectivity index (χ3v) is 5.98. The molecule has 0 saturated carbocycles. The summed E-state index contributed by atoms with van der Waals surface area (Å²) < 4.78 is 7.53. The molecule has 6 heteroatoms. The van der Waals surface area contributed by atoms with E-state index < -0.39 is 0 Å². The SMILES string of the molecule is COc1nccnc1N1C[C@H]2C[C@@H](C1)[C@H](CCC(C)C)n1c2cccc1=O. The highest BCUT2D eigenvalue weighted by Crippen LogP contribution is 2.44. The second kappa shape index (κ2) is 7.33. The molecule has 0 aliphatic carbocycles. The van der Waals surface area contributed by atoms with E-state index in [1.807, 2.05) is 6.07 Å². The van der Waals surface area contributed by atoms with Crippen LogP contribution in [0.2, 0.25) is 0 Å². The molecule has 2 bridgehead atoms. The van der Waals surface area contributed by atoms with E-state index in [1.165, 1.54) is 5.69 Å². The number of methoxy groups -OCH3 is 1. The Labute approximate surface area is 160 Å². The van der Waals surface area contributed by atoms with Crippen molar-refractivity contribution in [3.63, 3.8) is 0 Å². The fraction of sp³-hybridized carbons (Fsp3) is 0.571. The summed E-state index contributed by atoms with van der Waals surface area (Å²) in [6, 6.07) is 5.98. The van der Waals surface area contributed by atoms with Gasteiger partial charge in [-0.25, -0.2) is 9.97 Å². The summed E-state index contributed by atoms with van der Waals surface area (Å²) in [5, 5.41) is 0. The van der Waals surface area contributed by atoms with Gasteiger partial charge in [0.25, 0.3) is 11.4 Å². The second-order valence-electron chi connectivity index (χ2n) is 8.18. The van der Waals surface area contributed by atoms with Gasteiger partial charge >= 0.3 is 0 Å². The van der Waals surface area contributed by atoms with Crippen LogP contribution in [0, 0.1) is 11.8 Å². The molecular weight excluding hydrogens is 340 g/mol. The largest absolute Gasteiger partial charge is 0.478 e. The summed E-state index contributed by atoms with van der Waals surface area (Å²) in [5.41, 5.74) is 1.31. The lowest BCUT2D eigenvalue weighted by atomic mass is 9.76. The monoisotopic (exact) mass is 368 g/mol. The molecule has 0 spiro atoms. The Morgan fingerprint density at radius 3 is 2.81 bits per heavy atom. The third kappa shape index (κ3) is 3.33. The van der Waals surface area contributed by atoms with E-state index in [0.29, 0.717) is 23.6 Å². The Balaban J connectivity index is 1.72. The second-order valence-corrected chi connectivity index (χ2v) is 8.18. The zero-order chi connectivity index (χ0) is 19.0. The summed E-state index contributed by atoms with van der Waals surface area (Å²) in [6.45, 7) is 6.22. The number of fused-ring (bicyclic) bond motifs is 4. The molecule has 4 heterocycles. The molecule has 3 atom stereocenters. The topological polar surface area (TPSA) is 60.3 Å². The molecule has 2 aliphatic rings. The van der Waals surface area contributed by atoms with Crippen molar-refractivity contribution in [3.05, 3.63) is 46.6 Å². The Kier molecular flexibility index (Phi) is 4.89. The number of nitrogens with zero attached hydrogens (tertiary/aromatic N) is 4. The van der Waals surface area contributed by atoms with Crippen molar-refractivity contribution in [2.45, 2.75) is 45.1 Å². The number of pyridine rings is 1. The number of aromatic nitrogens is 3. The molecule has 0 unspecified atom stereocenters. The molecule has 27 heavy (non-hydrogen) atoms. The number of hydrogen-bond donors (Lipinski definition) is 0. The van der Waals surface area contributed by atoms with E-state index in [4.69, 9.17) is 4.74 Å². The maximum atomic E-state index is 12.7. The molecule has 0 N–H and O–H groups in total. The van der Waals surface area contributed by atoms with Gasteiger partial charge in [-0.1, -0.05) is 19.9 Å². The normalized spacial score (nSPS) is 24.0. The Bertz CT molecular complexity index is 863. The van der Waals surface area contributed by atoms with Crippen LogP contribution in [0.1, 0.15) is 50.8 Å². The summed E-state index contributed by atoms with van der Waals surface area (Å²) >= 11 is 0. The van der Waals surface area contributed by atoms with Crippen molar-refractivity contribution in [1.82, 2.24) is 14.5 Å². The van der Waals surface area contributed by atoms with Crippen molar-refractivity contribution in [2.75, 3.05) is 25.1 Å². The summed E-state index contributed by atoms with van der Waals surface area (Å²) in [7, 11) is 1.64. The number of rotatable bonds is 5. The first-order valence-corrected chi connectivity index (χ1v) is 9.90. The smallest absolute Gasteiger partial charge is 0.257 e. The van der Waals surface area contributed by atoms with Crippen molar-refractivity contribution in [2.24, 2.45) is 11.8 Å². The minimum atomic E-state index is 0.140.